The van der Waals surface area contributed by atoms with E-state index in [1.54, 1.807) is 0 Å². The minimum atomic E-state index is -0.788. The molecule has 0 saturated carbocycles. The Hall–Kier alpha value is -2.67. The highest BCUT2D eigenvalue weighted by molar-refractivity contribution is 6.31. The van der Waals surface area contributed by atoms with Gasteiger partial charge in [-0.2, -0.15) is 0 Å². The predicted molar refractivity (Wildman–Crippen MR) is 76.9 cm³/mol. The largest absolute Gasteiger partial charge is 0.398 e. The van der Waals surface area contributed by atoms with E-state index in [-0.39, 0.29) is 16.9 Å². The van der Waals surface area contributed by atoms with Crippen LogP contribution in [0, 0.1) is 15.9 Å². The molecular formula is C13H9ClFN3O3. The van der Waals surface area contributed by atoms with Crippen molar-refractivity contribution in [2.45, 2.75) is 0 Å². The van der Waals surface area contributed by atoms with Crippen LogP contribution in [0.5, 0.6) is 0 Å². The van der Waals surface area contributed by atoms with Gasteiger partial charge in [-0.05, 0) is 30.3 Å². The van der Waals surface area contributed by atoms with Crippen LogP contribution in [0.15, 0.2) is 36.4 Å². The molecule has 0 heterocycles. The van der Waals surface area contributed by atoms with Crippen LogP contribution in [-0.2, 0) is 0 Å². The summed E-state index contributed by atoms with van der Waals surface area (Å²) in [5.74, 6) is -1.43. The Morgan fingerprint density at radius 1 is 1.29 bits per heavy atom. The van der Waals surface area contributed by atoms with Gasteiger partial charge in [0, 0.05) is 10.7 Å². The van der Waals surface area contributed by atoms with E-state index in [1.807, 2.05) is 0 Å². The summed E-state index contributed by atoms with van der Waals surface area (Å²) >= 11 is 5.72. The third kappa shape index (κ3) is 3.26. The van der Waals surface area contributed by atoms with Crippen molar-refractivity contribution in [3.8, 4) is 0 Å². The molecule has 2 aromatic carbocycles. The number of anilines is 2. The van der Waals surface area contributed by atoms with E-state index in [9.17, 15) is 19.3 Å². The number of hydrogen-bond donors (Lipinski definition) is 2. The second kappa shape index (κ2) is 5.76. The van der Waals surface area contributed by atoms with E-state index >= 15 is 0 Å². The van der Waals surface area contributed by atoms with Crippen molar-refractivity contribution < 1.29 is 14.1 Å². The summed E-state index contributed by atoms with van der Waals surface area (Å²) in [7, 11) is 0. The van der Waals surface area contributed by atoms with Crippen LogP contribution in [0.4, 0.5) is 21.5 Å². The van der Waals surface area contributed by atoms with E-state index in [1.165, 1.54) is 18.2 Å². The second-order valence-corrected chi connectivity index (χ2v) is 4.54. The number of carbonyl (C=O) groups excluding carboxylic acids is 1. The van der Waals surface area contributed by atoms with Crippen molar-refractivity contribution in [3.63, 3.8) is 0 Å². The first kappa shape index (κ1) is 14.7. The quantitative estimate of drug-likeness (QED) is 0.516. The third-order valence-electron chi connectivity index (χ3n) is 2.66. The summed E-state index contributed by atoms with van der Waals surface area (Å²) in [4.78, 5) is 22.1. The number of nitrogens with zero attached hydrogens (tertiary/aromatic N) is 1. The van der Waals surface area contributed by atoms with Gasteiger partial charge in [-0.15, -0.1) is 0 Å². The van der Waals surface area contributed by atoms with Crippen molar-refractivity contribution in [1.82, 2.24) is 0 Å². The summed E-state index contributed by atoms with van der Waals surface area (Å²) in [5.41, 5.74) is 5.23. The van der Waals surface area contributed by atoms with Gasteiger partial charge in [0.15, 0.2) is 0 Å². The zero-order chi connectivity index (χ0) is 15.6. The molecule has 0 radical (unpaired) electrons. The highest BCUT2D eigenvalue weighted by Gasteiger charge is 2.18. The number of nitrogens with one attached hydrogen (secondary N) is 1. The molecule has 3 N–H and O–H groups in total. The van der Waals surface area contributed by atoms with Gasteiger partial charge in [-0.25, -0.2) is 4.39 Å². The average Bonchev–Trinajstić information content (AvgIpc) is 2.40. The molecule has 0 aliphatic heterocycles. The molecule has 0 fully saturated rings. The van der Waals surface area contributed by atoms with Crippen LogP contribution < -0.4 is 11.1 Å². The number of rotatable bonds is 3. The molecule has 2 aromatic rings. The lowest BCUT2D eigenvalue weighted by atomic mass is 10.1. The van der Waals surface area contributed by atoms with Gasteiger partial charge in [0.2, 0.25) is 0 Å². The molecule has 6 nitrogen and oxygen atoms in total. The molecule has 0 atom stereocenters. The van der Waals surface area contributed by atoms with Crippen molar-refractivity contribution >= 4 is 34.6 Å². The van der Waals surface area contributed by atoms with Crippen molar-refractivity contribution in [3.05, 3.63) is 62.9 Å². The molecule has 0 saturated heterocycles. The van der Waals surface area contributed by atoms with Gasteiger partial charge in [-0.3, -0.25) is 14.9 Å². The van der Waals surface area contributed by atoms with Crippen molar-refractivity contribution in [2.75, 3.05) is 11.1 Å². The van der Waals surface area contributed by atoms with Gasteiger partial charge in [0.1, 0.15) is 11.5 Å². The Morgan fingerprint density at radius 3 is 2.62 bits per heavy atom. The first-order valence-corrected chi connectivity index (χ1v) is 6.06. The molecule has 21 heavy (non-hydrogen) atoms. The zero-order valence-electron chi connectivity index (χ0n) is 10.5. The number of amides is 1. The van der Waals surface area contributed by atoms with Crippen LogP contribution >= 0.6 is 11.6 Å². The predicted octanol–water partition coefficient (Wildman–Crippen LogP) is 3.22. The number of halogens is 2. The molecule has 0 unspecified atom stereocenters. The fraction of sp³-hybridized carbons (Fsp3) is 0. The van der Waals surface area contributed by atoms with Crippen LogP contribution in [0.25, 0.3) is 0 Å². The topological polar surface area (TPSA) is 98.3 Å². The normalized spacial score (nSPS) is 10.2. The smallest absolute Gasteiger partial charge is 0.295 e. The maximum Gasteiger partial charge on any atom is 0.295 e. The summed E-state index contributed by atoms with van der Waals surface area (Å²) in [6, 6.07) is 7.08. The summed E-state index contributed by atoms with van der Waals surface area (Å²) < 4.78 is 13.0. The van der Waals surface area contributed by atoms with Gasteiger partial charge in [-0.1, -0.05) is 11.6 Å². The Balaban J connectivity index is 2.34. The number of nitrogens with two attached hydrogens (primary N) is 1. The van der Waals surface area contributed by atoms with E-state index in [2.05, 4.69) is 5.32 Å². The molecule has 0 spiro atoms. The second-order valence-electron chi connectivity index (χ2n) is 4.10. The lowest BCUT2D eigenvalue weighted by Gasteiger charge is -2.08. The molecule has 8 heteroatoms. The summed E-state index contributed by atoms with van der Waals surface area (Å²) in [6.45, 7) is 0. The molecule has 0 bridgehead atoms. The Bertz CT molecular complexity index is 737. The molecular weight excluding hydrogens is 301 g/mol. The monoisotopic (exact) mass is 309 g/mol. The van der Waals surface area contributed by atoms with Crippen molar-refractivity contribution in [2.24, 2.45) is 0 Å². The number of nitro groups is 1. The van der Waals surface area contributed by atoms with Gasteiger partial charge >= 0.3 is 0 Å². The van der Waals surface area contributed by atoms with Crippen LogP contribution in [0.2, 0.25) is 5.02 Å². The van der Waals surface area contributed by atoms with Crippen LogP contribution in [0.1, 0.15) is 10.4 Å². The Morgan fingerprint density at radius 2 is 2.00 bits per heavy atom. The number of hydrogen-bond acceptors (Lipinski definition) is 4. The number of benzene rings is 2. The minimum Gasteiger partial charge on any atom is -0.398 e. The standard InChI is InChI=1S/C13H9ClFN3O3/c14-7-1-3-9(10(16)5-7)13(19)17-11-4-2-8(15)6-12(11)18(20)21/h1-6H,16H2,(H,17,19). The summed E-state index contributed by atoms with van der Waals surface area (Å²) in [6.07, 6.45) is 0. The number of carbonyl (C=O) groups is 1. The van der Waals surface area contributed by atoms with E-state index in [0.29, 0.717) is 5.02 Å². The first-order chi connectivity index (χ1) is 9.88. The molecule has 108 valence electrons. The Labute approximate surface area is 123 Å². The number of nitrogen functional groups attached to an aromatic ring is 1. The van der Waals surface area contributed by atoms with Gasteiger partial charge in [0.25, 0.3) is 11.6 Å². The van der Waals surface area contributed by atoms with Crippen LogP contribution in [0.3, 0.4) is 0 Å². The maximum absolute atomic E-state index is 13.0. The molecule has 2 rings (SSSR count). The molecule has 0 aliphatic rings. The van der Waals surface area contributed by atoms with Crippen LogP contribution in [-0.4, -0.2) is 10.8 Å². The third-order valence-corrected chi connectivity index (χ3v) is 2.90. The Kier molecular flexibility index (Phi) is 4.04. The zero-order valence-corrected chi connectivity index (χ0v) is 11.2. The lowest BCUT2D eigenvalue weighted by molar-refractivity contribution is -0.384. The van der Waals surface area contributed by atoms with Gasteiger partial charge in [0.05, 0.1) is 16.6 Å². The molecule has 0 aliphatic carbocycles. The van der Waals surface area contributed by atoms with Crippen molar-refractivity contribution in [1.29, 1.82) is 0 Å². The summed E-state index contributed by atoms with van der Waals surface area (Å²) in [5, 5.41) is 13.5. The first-order valence-electron chi connectivity index (χ1n) is 5.69. The fourth-order valence-electron chi connectivity index (χ4n) is 1.69. The average molecular weight is 310 g/mol. The highest BCUT2D eigenvalue weighted by Crippen LogP contribution is 2.26. The molecule has 0 aromatic heterocycles. The number of nitro benzene ring substituents is 1. The maximum atomic E-state index is 13.0. The fourth-order valence-corrected chi connectivity index (χ4v) is 1.87. The molecule has 1 amide bonds. The van der Waals surface area contributed by atoms with E-state index < -0.39 is 22.3 Å². The van der Waals surface area contributed by atoms with Gasteiger partial charge < -0.3 is 11.1 Å². The van der Waals surface area contributed by atoms with E-state index in [0.717, 1.165) is 18.2 Å². The van der Waals surface area contributed by atoms with E-state index in [4.69, 9.17) is 17.3 Å². The minimum absolute atomic E-state index is 0.109. The highest BCUT2D eigenvalue weighted by atomic mass is 35.5. The lowest BCUT2D eigenvalue weighted by Crippen LogP contribution is -2.15. The SMILES string of the molecule is Nc1cc(Cl)ccc1C(=O)Nc1ccc(F)cc1[N+](=O)[O-].